The molecule has 1 heterocycles. The number of aromatic nitrogens is 2. The van der Waals surface area contributed by atoms with Crippen LogP contribution in [0.15, 0.2) is 35.1 Å². The highest BCUT2D eigenvalue weighted by Gasteiger charge is 2.10. The first kappa shape index (κ1) is 12.6. The van der Waals surface area contributed by atoms with Crippen LogP contribution in [-0.4, -0.2) is 16.3 Å². The zero-order valence-corrected chi connectivity index (χ0v) is 11.0. The summed E-state index contributed by atoms with van der Waals surface area (Å²) in [5, 5.41) is 15.8. The van der Waals surface area contributed by atoms with Crippen molar-refractivity contribution in [2.24, 2.45) is 0 Å². The van der Waals surface area contributed by atoms with Gasteiger partial charge in [-0.15, -0.1) is 0 Å². The lowest BCUT2D eigenvalue weighted by Gasteiger charge is -2.09. The minimum absolute atomic E-state index is 0.189. The van der Waals surface area contributed by atoms with Gasteiger partial charge in [0.15, 0.2) is 5.82 Å². The van der Waals surface area contributed by atoms with Crippen molar-refractivity contribution in [1.29, 1.82) is 5.26 Å². The van der Waals surface area contributed by atoms with E-state index in [2.05, 4.69) is 26.3 Å². The lowest BCUT2D eigenvalue weighted by atomic mass is 10.2. The zero-order valence-electron chi connectivity index (χ0n) is 9.40. The van der Waals surface area contributed by atoms with Gasteiger partial charge in [0.25, 0.3) is 0 Å². The van der Waals surface area contributed by atoms with Crippen LogP contribution >= 0.6 is 15.9 Å². The smallest absolute Gasteiger partial charge is 0.161 e. The summed E-state index contributed by atoms with van der Waals surface area (Å²) in [5.41, 5.74) is 0.651. The number of rotatable bonds is 4. The summed E-state index contributed by atoms with van der Waals surface area (Å²) >= 11 is 3.07. The lowest BCUT2D eigenvalue weighted by Crippen LogP contribution is -2.11. The van der Waals surface area contributed by atoms with Crippen molar-refractivity contribution in [3.8, 4) is 6.07 Å². The Morgan fingerprint density at radius 3 is 3.00 bits per heavy atom. The Balaban J connectivity index is 2.02. The fourth-order valence-electron chi connectivity index (χ4n) is 1.51. The molecule has 0 aliphatic carbocycles. The fourth-order valence-corrected chi connectivity index (χ4v) is 1.94. The standard InChI is InChI=1S/C12H10BrFN4/c13-11-9(8-15)2-3-10(12(11)14)16-5-7-18-6-1-4-17-18/h1-4,6,16H,5,7H2. The van der Waals surface area contributed by atoms with E-state index in [-0.39, 0.29) is 10.0 Å². The second-order valence-electron chi connectivity index (χ2n) is 3.60. The molecule has 92 valence electrons. The van der Waals surface area contributed by atoms with E-state index in [9.17, 15) is 4.39 Å². The largest absolute Gasteiger partial charge is 0.381 e. The molecule has 1 aromatic carbocycles. The molecule has 0 aliphatic heterocycles. The topological polar surface area (TPSA) is 53.6 Å². The molecule has 0 aliphatic rings. The van der Waals surface area contributed by atoms with Gasteiger partial charge in [-0.2, -0.15) is 10.4 Å². The Morgan fingerprint density at radius 1 is 1.50 bits per heavy atom. The zero-order chi connectivity index (χ0) is 13.0. The summed E-state index contributed by atoms with van der Waals surface area (Å²) in [5.74, 6) is -0.450. The van der Waals surface area contributed by atoms with Crippen LogP contribution in [0.5, 0.6) is 0 Å². The number of nitrogens with one attached hydrogen (secondary N) is 1. The number of benzene rings is 1. The van der Waals surface area contributed by atoms with Crippen LogP contribution in [0.2, 0.25) is 0 Å². The molecule has 2 aromatic rings. The Morgan fingerprint density at radius 2 is 2.33 bits per heavy atom. The molecule has 0 unspecified atom stereocenters. The molecule has 0 bridgehead atoms. The van der Waals surface area contributed by atoms with Crippen LogP contribution in [0.1, 0.15) is 5.56 Å². The highest BCUT2D eigenvalue weighted by atomic mass is 79.9. The van der Waals surface area contributed by atoms with Crippen LogP contribution in [0.4, 0.5) is 10.1 Å². The van der Waals surface area contributed by atoms with Gasteiger partial charge in [-0.3, -0.25) is 4.68 Å². The summed E-state index contributed by atoms with van der Waals surface area (Å²) in [6.07, 6.45) is 3.53. The maximum absolute atomic E-state index is 13.8. The molecule has 18 heavy (non-hydrogen) atoms. The first-order valence-electron chi connectivity index (χ1n) is 5.32. The maximum Gasteiger partial charge on any atom is 0.161 e. The van der Waals surface area contributed by atoms with Crippen LogP contribution in [0.3, 0.4) is 0 Å². The first-order valence-corrected chi connectivity index (χ1v) is 6.11. The van der Waals surface area contributed by atoms with Gasteiger partial charge in [0, 0.05) is 18.9 Å². The Labute approximate surface area is 112 Å². The third kappa shape index (κ3) is 2.68. The molecule has 4 nitrogen and oxygen atoms in total. The maximum atomic E-state index is 13.8. The molecule has 0 radical (unpaired) electrons. The molecule has 6 heteroatoms. The third-order valence-electron chi connectivity index (χ3n) is 2.42. The molecule has 0 saturated carbocycles. The average Bonchev–Trinajstić information content (AvgIpc) is 2.88. The van der Waals surface area contributed by atoms with Gasteiger partial charge in [0.05, 0.1) is 22.3 Å². The number of anilines is 1. The van der Waals surface area contributed by atoms with Crippen LogP contribution in [0.25, 0.3) is 0 Å². The summed E-state index contributed by atoms with van der Waals surface area (Å²) in [7, 11) is 0. The van der Waals surface area contributed by atoms with Crippen molar-refractivity contribution >= 4 is 21.6 Å². The normalized spacial score (nSPS) is 10.1. The van der Waals surface area contributed by atoms with E-state index in [0.29, 0.717) is 18.8 Å². The predicted molar refractivity (Wildman–Crippen MR) is 69.5 cm³/mol. The van der Waals surface area contributed by atoms with E-state index in [1.54, 1.807) is 23.0 Å². The Bertz CT molecular complexity index is 575. The van der Waals surface area contributed by atoms with Crippen LogP contribution in [0, 0.1) is 17.1 Å². The number of hydrogen-bond acceptors (Lipinski definition) is 3. The van der Waals surface area contributed by atoms with Gasteiger partial charge < -0.3 is 5.32 Å². The second-order valence-corrected chi connectivity index (χ2v) is 4.39. The molecule has 0 spiro atoms. The minimum atomic E-state index is -0.450. The fraction of sp³-hybridized carbons (Fsp3) is 0.167. The van der Waals surface area contributed by atoms with Gasteiger partial charge in [-0.1, -0.05) is 0 Å². The third-order valence-corrected chi connectivity index (χ3v) is 3.19. The van der Waals surface area contributed by atoms with Crippen molar-refractivity contribution in [2.75, 3.05) is 11.9 Å². The van der Waals surface area contributed by atoms with Crippen LogP contribution < -0.4 is 5.32 Å². The van der Waals surface area contributed by atoms with Crippen molar-refractivity contribution < 1.29 is 4.39 Å². The number of nitrogens with zero attached hydrogens (tertiary/aromatic N) is 3. The summed E-state index contributed by atoms with van der Waals surface area (Å²) < 4.78 is 15.8. The highest BCUT2D eigenvalue weighted by molar-refractivity contribution is 9.10. The molecule has 2 rings (SSSR count). The SMILES string of the molecule is N#Cc1ccc(NCCn2cccn2)c(F)c1Br. The van der Waals surface area contributed by atoms with Gasteiger partial charge in [0.2, 0.25) is 0 Å². The van der Waals surface area contributed by atoms with E-state index in [1.165, 1.54) is 0 Å². The monoisotopic (exact) mass is 308 g/mol. The second kappa shape index (κ2) is 5.65. The van der Waals surface area contributed by atoms with E-state index in [1.807, 2.05) is 18.3 Å². The van der Waals surface area contributed by atoms with Crippen molar-refractivity contribution in [3.05, 3.63) is 46.4 Å². The van der Waals surface area contributed by atoms with Gasteiger partial charge in [-0.05, 0) is 34.1 Å². The van der Waals surface area contributed by atoms with E-state index < -0.39 is 5.82 Å². The van der Waals surface area contributed by atoms with E-state index in [4.69, 9.17) is 5.26 Å². The van der Waals surface area contributed by atoms with Crippen LogP contribution in [-0.2, 0) is 6.54 Å². The van der Waals surface area contributed by atoms with Gasteiger partial charge in [0.1, 0.15) is 6.07 Å². The molecule has 1 aromatic heterocycles. The molecule has 0 atom stereocenters. The number of nitriles is 1. The van der Waals surface area contributed by atoms with Crippen molar-refractivity contribution in [2.45, 2.75) is 6.54 Å². The summed E-state index contributed by atoms with van der Waals surface area (Å²) in [6.45, 7) is 1.20. The Kier molecular flexibility index (Phi) is 3.95. The minimum Gasteiger partial charge on any atom is -0.381 e. The Hall–Kier alpha value is -1.87. The summed E-state index contributed by atoms with van der Waals surface area (Å²) in [6, 6.07) is 6.88. The first-order chi connectivity index (χ1) is 8.72. The summed E-state index contributed by atoms with van der Waals surface area (Å²) in [4.78, 5) is 0. The number of halogens is 2. The molecule has 1 N–H and O–H groups in total. The van der Waals surface area contributed by atoms with Gasteiger partial charge in [-0.25, -0.2) is 4.39 Å². The average molecular weight is 309 g/mol. The predicted octanol–water partition coefficient (Wildman–Crippen LogP) is 2.77. The molecule has 0 amide bonds. The molecular weight excluding hydrogens is 299 g/mol. The van der Waals surface area contributed by atoms with Crippen molar-refractivity contribution in [1.82, 2.24) is 9.78 Å². The van der Waals surface area contributed by atoms with Gasteiger partial charge >= 0.3 is 0 Å². The molecule has 0 fully saturated rings. The van der Waals surface area contributed by atoms with Crippen molar-refractivity contribution in [3.63, 3.8) is 0 Å². The lowest BCUT2D eigenvalue weighted by molar-refractivity contribution is 0.613. The number of hydrogen-bond donors (Lipinski definition) is 1. The van der Waals surface area contributed by atoms with E-state index in [0.717, 1.165) is 0 Å². The molecular formula is C12H10BrFN4. The molecule has 0 saturated heterocycles. The van der Waals surface area contributed by atoms with E-state index >= 15 is 0 Å². The quantitative estimate of drug-likeness (QED) is 0.945. The highest BCUT2D eigenvalue weighted by Crippen LogP contribution is 2.26.